The fourth-order valence-electron chi connectivity index (χ4n) is 2.09. The van der Waals surface area contributed by atoms with Crippen molar-refractivity contribution in [2.75, 3.05) is 5.32 Å². The van der Waals surface area contributed by atoms with E-state index in [1.165, 1.54) is 6.33 Å². The van der Waals surface area contributed by atoms with Crippen LogP contribution in [0.4, 0.5) is 5.82 Å². The standard InChI is InChI=1S/C13H17N3O2S/c1-4-13(5-2,12(17)18)16-10-9-6-8(3)19-11(9)15-7-14-10/h6-7H,4-5H2,1-3H3,(H,17,18)(H,14,15,16). The molecule has 2 N–H and O–H groups in total. The van der Waals surface area contributed by atoms with Gasteiger partial charge in [0.05, 0.1) is 5.39 Å². The maximum absolute atomic E-state index is 11.5. The minimum Gasteiger partial charge on any atom is -0.480 e. The van der Waals surface area contributed by atoms with Crippen LogP contribution >= 0.6 is 11.3 Å². The largest absolute Gasteiger partial charge is 0.480 e. The molecule has 5 nitrogen and oxygen atoms in total. The molecule has 0 unspecified atom stereocenters. The molecule has 2 aromatic rings. The van der Waals surface area contributed by atoms with Crippen molar-refractivity contribution in [1.29, 1.82) is 0 Å². The third kappa shape index (κ3) is 2.40. The normalized spacial score (nSPS) is 11.7. The number of hydrogen-bond acceptors (Lipinski definition) is 5. The maximum atomic E-state index is 11.5. The summed E-state index contributed by atoms with van der Waals surface area (Å²) in [4.78, 5) is 21.9. The number of aliphatic carboxylic acids is 1. The molecule has 0 radical (unpaired) electrons. The average Bonchev–Trinajstić information content (AvgIpc) is 2.76. The van der Waals surface area contributed by atoms with Crippen LogP contribution in [0.2, 0.25) is 0 Å². The number of carboxylic acids is 1. The lowest BCUT2D eigenvalue weighted by Gasteiger charge is -2.28. The van der Waals surface area contributed by atoms with Crippen LogP contribution in [-0.2, 0) is 4.79 Å². The number of hydrogen-bond donors (Lipinski definition) is 2. The first-order valence-corrected chi connectivity index (χ1v) is 7.06. The smallest absolute Gasteiger partial charge is 0.329 e. The van der Waals surface area contributed by atoms with E-state index in [-0.39, 0.29) is 0 Å². The van der Waals surface area contributed by atoms with Crippen molar-refractivity contribution in [2.24, 2.45) is 0 Å². The zero-order valence-electron chi connectivity index (χ0n) is 11.2. The summed E-state index contributed by atoms with van der Waals surface area (Å²) in [6.07, 6.45) is 2.46. The van der Waals surface area contributed by atoms with Gasteiger partial charge in [-0.25, -0.2) is 14.8 Å². The molecule has 0 aliphatic carbocycles. The first-order chi connectivity index (χ1) is 9.02. The SMILES string of the molecule is CCC(CC)(Nc1ncnc2sc(C)cc12)C(=O)O. The summed E-state index contributed by atoms with van der Waals surface area (Å²) < 4.78 is 0. The molecule has 0 spiro atoms. The molecule has 6 heteroatoms. The Hall–Kier alpha value is -1.69. The van der Waals surface area contributed by atoms with Crippen molar-refractivity contribution >= 4 is 33.3 Å². The monoisotopic (exact) mass is 279 g/mol. The minimum absolute atomic E-state index is 0.494. The molecule has 2 aromatic heterocycles. The summed E-state index contributed by atoms with van der Waals surface area (Å²) in [5.74, 6) is -0.253. The topological polar surface area (TPSA) is 75.1 Å². The third-order valence-electron chi connectivity index (χ3n) is 3.43. The van der Waals surface area contributed by atoms with Crippen LogP contribution in [0.3, 0.4) is 0 Å². The lowest BCUT2D eigenvalue weighted by molar-refractivity contribution is -0.142. The quantitative estimate of drug-likeness (QED) is 0.879. The maximum Gasteiger partial charge on any atom is 0.329 e. The van der Waals surface area contributed by atoms with Gasteiger partial charge in [-0.2, -0.15) is 0 Å². The van der Waals surface area contributed by atoms with Crippen LogP contribution in [-0.4, -0.2) is 26.6 Å². The van der Waals surface area contributed by atoms with Crippen LogP contribution in [0.15, 0.2) is 12.4 Å². The highest BCUT2D eigenvalue weighted by molar-refractivity contribution is 7.18. The molecule has 0 atom stereocenters. The Bertz CT molecular complexity index is 605. The van der Waals surface area contributed by atoms with Crippen molar-refractivity contribution in [2.45, 2.75) is 39.2 Å². The van der Waals surface area contributed by atoms with Crippen LogP contribution in [0.1, 0.15) is 31.6 Å². The van der Waals surface area contributed by atoms with E-state index < -0.39 is 11.5 Å². The highest BCUT2D eigenvalue weighted by atomic mass is 32.1. The fourth-order valence-corrected chi connectivity index (χ4v) is 2.93. The zero-order chi connectivity index (χ0) is 14.0. The number of nitrogens with one attached hydrogen (secondary N) is 1. The molecular formula is C13H17N3O2S. The van der Waals surface area contributed by atoms with Crippen molar-refractivity contribution in [3.05, 3.63) is 17.3 Å². The van der Waals surface area contributed by atoms with E-state index in [0.29, 0.717) is 18.7 Å². The van der Waals surface area contributed by atoms with E-state index in [1.807, 2.05) is 26.8 Å². The van der Waals surface area contributed by atoms with Crippen LogP contribution in [0.25, 0.3) is 10.2 Å². The van der Waals surface area contributed by atoms with Crippen molar-refractivity contribution in [1.82, 2.24) is 9.97 Å². The molecule has 0 aliphatic heterocycles. The number of carboxylic acid groups (broad SMARTS) is 1. The minimum atomic E-state index is -0.975. The van der Waals surface area contributed by atoms with Gasteiger partial charge < -0.3 is 10.4 Å². The molecular weight excluding hydrogens is 262 g/mol. The van der Waals surface area contributed by atoms with E-state index in [1.54, 1.807) is 11.3 Å². The van der Waals surface area contributed by atoms with Gasteiger partial charge in [0.15, 0.2) is 0 Å². The van der Waals surface area contributed by atoms with Gasteiger partial charge in [0.2, 0.25) is 0 Å². The fraction of sp³-hybridized carbons (Fsp3) is 0.462. The number of anilines is 1. The molecule has 2 heterocycles. The zero-order valence-corrected chi connectivity index (χ0v) is 12.0. The summed E-state index contributed by atoms with van der Waals surface area (Å²) in [5.41, 5.74) is -0.975. The van der Waals surface area contributed by atoms with E-state index in [4.69, 9.17) is 0 Å². The van der Waals surface area contributed by atoms with Crippen molar-refractivity contribution < 1.29 is 9.90 Å². The number of rotatable bonds is 5. The van der Waals surface area contributed by atoms with Crippen LogP contribution in [0, 0.1) is 6.92 Å². The summed E-state index contributed by atoms with van der Waals surface area (Å²) in [5, 5.41) is 13.4. The average molecular weight is 279 g/mol. The van der Waals surface area contributed by atoms with Gasteiger partial charge in [0.25, 0.3) is 0 Å². The number of fused-ring (bicyclic) bond motifs is 1. The third-order valence-corrected chi connectivity index (χ3v) is 4.39. The van der Waals surface area contributed by atoms with Gasteiger partial charge in [0.1, 0.15) is 22.5 Å². The lowest BCUT2D eigenvalue weighted by atomic mass is 9.93. The van der Waals surface area contributed by atoms with Crippen LogP contribution < -0.4 is 5.32 Å². The van der Waals surface area contributed by atoms with Gasteiger partial charge in [-0.15, -0.1) is 11.3 Å². The Morgan fingerprint density at radius 2 is 2.11 bits per heavy atom. The Balaban J connectivity index is 2.47. The Morgan fingerprint density at radius 3 is 2.68 bits per heavy atom. The molecule has 2 rings (SSSR count). The second-order valence-electron chi connectivity index (χ2n) is 4.52. The van der Waals surface area contributed by atoms with E-state index in [2.05, 4.69) is 15.3 Å². The number of aryl methyl sites for hydroxylation is 1. The Labute approximate surface area is 115 Å². The highest BCUT2D eigenvalue weighted by Crippen LogP contribution is 2.30. The number of aromatic nitrogens is 2. The Morgan fingerprint density at radius 1 is 1.42 bits per heavy atom. The van der Waals surface area contributed by atoms with Gasteiger partial charge in [-0.1, -0.05) is 13.8 Å². The summed E-state index contributed by atoms with van der Waals surface area (Å²) in [6, 6.07) is 1.99. The second kappa shape index (κ2) is 5.13. The number of nitrogens with zero attached hydrogens (tertiary/aromatic N) is 2. The molecule has 0 amide bonds. The van der Waals surface area contributed by atoms with E-state index in [9.17, 15) is 9.90 Å². The molecule has 0 saturated carbocycles. The highest BCUT2D eigenvalue weighted by Gasteiger charge is 2.35. The van der Waals surface area contributed by atoms with Crippen molar-refractivity contribution in [3.63, 3.8) is 0 Å². The molecule has 0 bridgehead atoms. The van der Waals surface area contributed by atoms with Crippen LogP contribution in [0.5, 0.6) is 0 Å². The first kappa shape index (κ1) is 13.7. The lowest BCUT2D eigenvalue weighted by Crippen LogP contribution is -2.45. The van der Waals surface area contributed by atoms with Gasteiger partial charge >= 0.3 is 5.97 Å². The molecule has 0 fully saturated rings. The van der Waals surface area contributed by atoms with Gasteiger partial charge in [0, 0.05) is 4.88 Å². The van der Waals surface area contributed by atoms with E-state index >= 15 is 0 Å². The van der Waals surface area contributed by atoms with Crippen molar-refractivity contribution in [3.8, 4) is 0 Å². The number of carbonyl (C=O) groups is 1. The first-order valence-electron chi connectivity index (χ1n) is 6.25. The summed E-state index contributed by atoms with van der Waals surface area (Å²) >= 11 is 1.58. The number of thiophene rings is 1. The molecule has 0 aliphatic rings. The van der Waals surface area contributed by atoms with E-state index in [0.717, 1.165) is 15.1 Å². The Kier molecular flexibility index (Phi) is 3.71. The van der Waals surface area contributed by atoms with Gasteiger partial charge in [-0.05, 0) is 25.8 Å². The van der Waals surface area contributed by atoms with Gasteiger partial charge in [-0.3, -0.25) is 0 Å². The molecule has 102 valence electrons. The molecule has 19 heavy (non-hydrogen) atoms. The predicted molar refractivity (Wildman–Crippen MR) is 76.7 cm³/mol. The summed E-state index contributed by atoms with van der Waals surface area (Å²) in [7, 11) is 0. The summed E-state index contributed by atoms with van der Waals surface area (Å²) in [6.45, 7) is 5.73. The predicted octanol–water partition coefficient (Wildman–Crippen LogP) is 3.06. The molecule has 0 saturated heterocycles. The molecule has 0 aromatic carbocycles. The second-order valence-corrected chi connectivity index (χ2v) is 5.75.